The highest BCUT2D eigenvalue weighted by atomic mass is 79.9. The standard InChI is InChI=1S/C30H18BrN/c31-24-12-7-19(8-13-24)18-1-3-20(4-2-18)23-10-14-25-26-15-9-21-5-6-22-11-16-27(30(26)29(21)22)32-28(25)17-23/h1-17,23H. The number of hydrogen-bond acceptors (Lipinski definition) is 1. The predicted molar refractivity (Wildman–Crippen MR) is 138 cm³/mol. The van der Waals surface area contributed by atoms with Crippen LogP contribution in [0, 0.1) is 0 Å². The lowest BCUT2D eigenvalue weighted by atomic mass is 9.90. The van der Waals surface area contributed by atoms with E-state index in [1.165, 1.54) is 48.8 Å². The van der Waals surface area contributed by atoms with Crippen LogP contribution in [-0.4, -0.2) is 4.98 Å². The summed E-state index contributed by atoms with van der Waals surface area (Å²) in [5.41, 5.74) is 6.06. The quantitative estimate of drug-likeness (QED) is 0.321. The Hall–Kier alpha value is -3.49. The fraction of sp³-hybridized carbons (Fsp3) is 0.0333. The van der Waals surface area contributed by atoms with E-state index in [2.05, 4.69) is 119 Å². The van der Waals surface area contributed by atoms with Crippen LogP contribution in [0.25, 0.3) is 57.1 Å². The van der Waals surface area contributed by atoms with Crippen LogP contribution in [0.3, 0.4) is 0 Å². The molecule has 0 aliphatic heterocycles. The summed E-state index contributed by atoms with van der Waals surface area (Å²) >= 11 is 3.51. The van der Waals surface area contributed by atoms with E-state index in [-0.39, 0.29) is 5.92 Å². The first kappa shape index (κ1) is 18.1. The van der Waals surface area contributed by atoms with Gasteiger partial charge in [0.1, 0.15) is 0 Å². The number of nitrogens with zero attached hydrogens (tertiary/aromatic N) is 1. The van der Waals surface area contributed by atoms with Gasteiger partial charge in [0.15, 0.2) is 0 Å². The zero-order valence-corrected chi connectivity index (χ0v) is 18.8. The average Bonchev–Trinajstić information content (AvgIpc) is 3.27. The fourth-order valence-electron chi connectivity index (χ4n) is 5.11. The molecule has 0 spiro atoms. The SMILES string of the molecule is Brc1ccc(-c2ccc(C3C=Cc4c(nc5ccc6c7c(ccc4c57)=CC=6)=C3)cc2)cc1. The van der Waals surface area contributed by atoms with Crippen molar-refractivity contribution in [2.75, 3.05) is 0 Å². The van der Waals surface area contributed by atoms with Crippen LogP contribution in [-0.2, 0) is 0 Å². The molecule has 0 fully saturated rings. The van der Waals surface area contributed by atoms with Gasteiger partial charge in [-0.05, 0) is 62.2 Å². The Labute approximate surface area is 193 Å². The molecule has 150 valence electrons. The molecule has 0 radical (unpaired) electrons. The summed E-state index contributed by atoms with van der Waals surface area (Å²) in [6.45, 7) is 0. The zero-order valence-electron chi connectivity index (χ0n) is 17.2. The summed E-state index contributed by atoms with van der Waals surface area (Å²) in [5.74, 6) is 0.226. The Bertz CT molecular complexity index is 1740. The first-order valence-electron chi connectivity index (χ1n) is 10.9. The average molecular weight is 472 g/mol. The zero-order chi connectivity index (χ0) is 21.2. The van der Waals surface area contributed by atoms with E-state index in [4.69, 9.17) is 4.98 Å². The van der Waals surface area contributed by atoms with Crippen molar-refractivity contribution in [2.45, 2.75) is 5.92 Å². The minimum Gasteiger partial charge on any atom is -0.248 e. The molecule has 0 saturated carbocycles. The summed E-state index contributed by atoms with van der Waals surface area (Å²) in [4.78, 5) is 5.09. The number of halogens is 1. The van der Waals surface area contributed by atoms with Gasteiger partial charge < -0.3 is 0 Å². The number of pyridine rings is 1. The van der Waals surface area contributed by atoms with Crippen molar-refractivity contribution >= 4 is 61.9 Å². The maximum atomic E-state index is 5.09. The largest absolute Gasteiger partial charge is 0.248 e. The molecule has 7 rings (SSSR count). The highest BCUT2D eigenvalue weighted by Gasteiger charge is 2.16. The molecular weight excluding hydrogens is 454 g/mol. The molecule has 32 heavy (non-hydrogen) atoms. The Morgan fingerprint density at radius 2 is 1.38 bits per heavy atom. The Morgan fingerprint density at radius 3 is 2.12 bits per heavy atom. The van der Waals surface area contributed by atoms with Gasteiger partial charge >= 0.3 is 0 Å². The van der Waals surface area contributed by atoms with Gasteiger partial charge in [-0.15, -0.1) is 0 Å². The maximum absolute atomic E-state index is 5.09. The predicted octanol–water partition coefficient (Wildman–Crippen LogP) is 5.70. The fourth-order valence-corrected chi connectivity index (χ4v) is 5.37. The van der Waals surface area contributed by atoms with Crippen LogP contribution in [0.15, 0.2) is 83.3 Å². The van der Waals surface area contributed by atoms with Crippen LogP contribution < -0.4 is 15.8 Å². The molecule has 0 N–H and O–H groups in total. The molecule has 4 aromatic carbocycles. The van der Waals surface area contributed by atoms with Crippen molar-refractivity contribution < 1.29 is 0 Å². The Morgan fingerprint density at radius 1 is 0.688 bits per heavy atom. The third kappa shape index (κ3) is 2.66. The van der Waals surface area contributed by atoms with E-state index in [0.717, 1.165) is 15.3 Å². The highest BCUT2D eigenvalue weighted by Crippen LogP contribution is 2.30. The molecule has 5 aromatic rings. The highest BCUT2D eigenvalue weighted by molar-refractivity contribution is 9.10. The molecule has 2 aliphatic rings. The molecule has 2 aliphatic carbocycles. The van der Waals surface area contributed by atoms with E-state index in [9.17, 15) is 0 Å². The van der Waals surface area contributed by atoms with Gasteiger partial charge in [0.05, 0.1) is 10.9 Å². The smallest absolute Gasteiger partial charge is 0.0722 e. The van der Waals surface area contributed by atoms with E-state index in [1.54, 1.807) is 0 Å². The monoisotopic (exact) mass is 471 g/mol. The minimum absolute atomic E-state index is 0.226. The third-order valence-corrected chi connectivity index (χ3v) is 7.26. The second-order valence-corrected chi connectivity index (χ2v) is 9.47. The normalized spacial score (nSPS) is 16.0. The van der Waals surface area contributed by atoms with Gasteiger partial charge in [-0.2, -0.15) is 0 Å². The van der Waals surface area contributed by atoms with E-state index < -0.39 is 0 Å². The molecule has 0 saturated heterocycles. The lowest BCUT2D eigenvalue weighted by Crippen LogP contribution is -2.19. The second kappa shape index (κ2) is 6.75. The molecule has 0 amide bonds. The summed E-state index contributed by atoms with van der Waals surface area (Å²) in [6.07, 6.45) is 11.3. The molecule has 1 nitrogen and oxygen atoms in total. The van der Waals surface area contributed by atoms with Crippen molar-refractivity contribution in [2.24, 2.45) is 0 Å². The Kier molecular flexibility index (Phi) is 3.82. The van der Waals surface area contributed by atoms with Gasteiger partial charge in [-0.25, -0.2) is 4.98 Å². The van der Waals surface area contributed by atoms with Crippen LogP contribution >= 0.6 is 15.9 Å². The minimum atomic E-state index is 0.226. The van der Waals surface area contributed by atoms with Gasteiger partial charge in [-0.1, -0.05) is 94.8 Å². The van der Waals surface area contributed by atoms with E-state index in [1.807, 2.05) is 0 Å². The topological polar surface area (TPSA) is 12.9 Å². The van der Waals surface area contributed by atoms with Crippen LogP contribution in [0.1, 0.15) is 17.0 Å². The molecule has 1 atom stereocenters. The number of fused-ring (bicyclic) bond motifs is 2. The van der Waals surface area contributed by atoms with Crippen molar-refractivity contribution in [1.82, 2.24) is 4.98 Å². The van der Waals surface area contributed by atoms with Gasteiger partial charge in [0.25, 0.3) is 0 Å². The lowest BCUT2D eigenvalue weighted by molar-refractivity contribution is 1.11. The van der Waals surface area contributed by atoms with Crippen molar-refractivity contribution in [1.29, 1.82) is 0 Å². The van der Waals surface area contributed by atoms with E-state index in [0.29, 0.717) is 0 Å². The van der Waals surface area contributed by atoms with Crippen LogP contribution in [0.2, 0.25) is 0 Å². The number of allylic oxidation sites excluding steroid dienone is 1. The number of rotatable bonds is 2. The van der Waals surface area contributed by atoms with Gasteiger partial charge in [-0.3, -0.25) is 0 Å². The van der Waals surface area contributed by atoms with Gasteiger partial charge in [0.2, 0.25) is 0 Å². The molecule has 1 aromatic heterocycles. The Balaban J connectivity index is 1.34. The van der Waals surface area contributed by atoms with E-state index >= 15 is 0 Å². The van der Waals surface area contributed by atoms with Crippen molar-refractivity contribution in [3.8, 4) is 11.1 Å². The molecule has 2 heteroatoms. The van der Waals surface area contributed by atoms with Gasteiger partial charge in [0, 0.05) is 21.3 Å². The first-order valence-corrected chi connectivity index (χ1v) is 11.7. The second-order valence-electron chi connectivity index (χ2n) is 8.55. The number of benzene rings is 4. The number of hydrogen-bond donors (Lipinski definition) is 0. The third-order valence-electron chi connectivity index (χ3n) is 6.73. The molecule has 1 heterocycles. The maximum Gasteiger partial charge on any atom is 0.0722 e. The summed E-state index contributed by atoms with van der Waals surface area (Å²) in [5, 5.41) is 7.61. The molecular formula is C30H18BrN. The first-order chi connectivity index (χ1) is 15.7. The lowest BCUT2D eigenvalue weighted by Gasteiger charge is -2.16. The van der Waals surface area contributed by atoms with Crippen molar-refractivity contribution in [3.05, 3.63) is 110 Å². The number of aromatic nitrogens is 1. The van der Waals surface area contributed by atoms with Crippen LogP contribution in [0.5, 0.6) is 0 Å². The summed E-state index contributed by atoms with van der Waals surface area (Å²) in [6, 6.07) is 26.2. The molecule has 1 unspecified atom stereocenters. The summed E-state index contributed by atoms with van der Waals surface area (Å²) in [7, 11) is 0. The molecule has 0 bridgehead atoms. The summed E-state index contributed by atoms with van der Waals surface area (Å²) < 4.78 is 1.10. The van der Waals surface area contributed by atoms with Crippen molar-refractivity contribution in [3.63, 3.8) is 0 Å². The van der Waals surface area contributed by atoms with Crippen LogP contribution in [0.4, 0.5) is 0 Å².